The first kappa shape index (κ1) is 18.3. The van der Waals surface area contributed by atoms with Crippen LogP contribution in [0.3, 0.4) is 0 Å². The van der Waals surface area contributed by atoms with Crippen molar-refractivity contribution >= 4 is 11.9 Å². The van der Waals surface area contributed by atoms with Crippen molar-refractivity contribution in [1.29, 1.82) is 0 Å². The minimum absolute atomic E-state index is 0. The van der Waals surface area contributed by atoms with Crippen LogP contribution < -0.4 is 0 Å². The molecule has 0 saturated carbocycles. The zero-order chi connectivity index (χ0) is 15.1. The summed E-state index contributed by atoms with van der Waals surface area (Å²) in [5.74, 6) is -2.22. The van der Waals surface area contributed by atoms with Crippen LogP contribution in [0.2, 0.25) is 0 Å². The Kier molecular flexibility index (Phi) is 7.42. The van der Waals surface area contributed by atoms with Crippen molar-refractivity contribution in [3.8, 4) is 0 Å². The van der Waals surface area contributed by atoms with Gasteiger partial charge in [0.15, 0.2) is 0 Å². The Morgan fingerprint density at radius 2 is 1.19 bits per heavy atom. The Hall–Kier alpha value is -2.66. The molecule has 21 heavy (non-hydrogen) atoms. The molecule has 0 saturated heterocycles. The molecular weight excluding hydrogens is 272 g/mol. The number of benzene rings is 2. The van der Waals surface area contributed by atoms with E-state index in [0.717, 1.165) is 0 Å². The minimum atomic E-state index is -1.11. The zero-order valence-corrected chi connectivity index (χ0v) is 11.8. The smallest absolute Gasteiger partial charge is 0.335 e. The molecule has 0 aromatic heterocycles. The lowest BCUT2D eigenvalue weighted by Gasteiger charge is -2.03. The number of aryl methyl sites for hydroxylation is 1. The van der Waals surface area contributed by atoms with E-state index in [1.165, 1.54) is 30.7 Å². The number of carboxylic acid groups (broad SMARTS) is 2. The van der Waals surface area contributed by atoms with Crippen LogP contribution in [0, 0.1) is 13.8 Å². The Balaban J connectivity index is 0.000000425. The predicted molar refractivity (Wildman–Crippen MR) is 79.9 cm³/mol. The summed E-state index contributed by atoms with van der Waals surface area (Å²) in [4.78, 5) is 21.2. The van der Waals surface area contributed by atoms with Gasteiger partial charge in [-0.1, -0.05) is 42.0 Å². The third kappa shape index (κ3) is 5.46. The average molecular weight is 290 g/mol. The van der Waals surface area contributed by atoms with Gasteiger partial charge in [-0.2, -0.15) is 0 Å². The van der Waals surface area contributed by atoms with E-state index in [4.69, 9.17) is 10.2 Å². The fourth-order valence-corrected chi connectivity index (χ4v) is 1.63. The minimum Gasteiger partial charge on any atom is -0.478 e. The number of aromatic carboxylic acids is 2. The maximum absolute atomic E-state index is 10.6. The molecule has 2 aromatic carbocycles. The highest BCUT2D eigenvalue weighted by Crippen LogP contribution is 2.13. The van der Waals surface area contributed by atoms with E-state index in [1.54, 1.807) is 0 Å². The molecule has 0 aliphatic carbocycles. The summed E-state index contributed by atoms with van der Waals surface area (Å²) in [5, 5.41) is 17.4. The molecule has 2 rings (SSSR count). The van der Waals surface area contributed by atoms with Crippen molar-refractivity contribution in [3.63, 3.8) is 0 Å². The van der Waals surface area contributed by atoms with E-state index in [0.29, 0.717) is 0 Å². The maximum atomic E-state index is 10.6. The molecule has 0 amide bonds. The lowest BCUT2D eigenvalue weighted by atomic mass is 10.0. The van der Waals surface area contributed by atoms with E-state index >= 15 is 0 Å². The van der Waals surface area contributed by atoms with Crippen LogP contribution in [-0.4, -0.2) is 27.6 Å². The molecule has 0 spiro atoms. The van der Waals surface area contributed by atoms with Crippen molar-refractivity contribution in [1.82, 2.24) is 0 Å². The Bertz CT molecular complexity index is 573. The summed E-state index contributed by atoms with van der Waals surface area (Å²) in [6, 6.07) is 14.4. The van der Waals surface area contributed by atoms with Gasteiger partial charge in [0.25, 0.3) is 0 Å². The molecule has 0 fully saturated rings. The van der Waals surface area contributed by atoms with Gasteiger partial charge in [0.2, 0.25) is 0 Å². The number of carbonyl (C=O) groups is 2. The van der Waals surface area contributed by atoms with E-state index in [1.807, 2.05) is 18.2 Å². The summed E-state index contributed by atoms with van der Waals surface area (Å²) < 4.78 is 0. The molecule has 0 aliphatic rings. The second kappa shape index (κ2) is 8.50. The van der Waals surface area contributed by atoms with Crippen LogP contribution in [0.15, 0.2) is 48.5 Å². The molecular formula is C16H18O5. The van der Waals surface area contributed by atoms with Crippen LogP contribution in [0.4, 0.5) is 0 Å². The van der Waals surface area contributed by atoms with Gasteiger partial charge in [-0.15, -0.1) is 0 Å². The monoisotopic (exact) mass is 290 g/mol. The van der Waals surface area contributed by atoms with Gasteiger partial charge in [-0.25, -0.2) is 9.59 Å². The zero-order valence-electron chi connectivity index (χ0n) is 11.8. The number of hydrogen-bond acceptors (Lipinski definition) is 2. The molecule has 0 atom stereocenters. The summed E-state index contributed by atoms with van der Waals surface area (Å²) in [6.45, 7) is 3.56. The third-order valence-corrected chi connectivity index (χ3v) is 2.74. The Labute approximate surface area is 122 Å². The summed E-state index contributed by atoms with van der Waals surface area (Å²) in [7, 11) is 0. The summed E-state index contributed by atoms with van der Waals surface area (Å²) in [6.07, 6.45) is 0. The first-order valence-electron chi connectivity index (χ1n) is 6.01. The van der Waals surface area contributed by atoms with Crippen LogP contribution in [0.5, 0.6) is 0 Å². The fraction of sp³-hybridized carbons (Fsp3) is 0.125. The van der Waals surface area contributed by atoms with Crippen molar-refractivity contribution < 1.29 is 25.3 Å². The standard InChI is InChI=1S/C9H8O4.C7H8.H2O/c1-5-6(8(10)11)3-2-4-7(5)9(12)13;1-7-5-3-2-4-6-7;/h2-4H,1H3,(H,10,11)(H,12,13);2-6H,1H3;1H2. The maximum Gasteiger partial charge on any atom is 0.335 e. The second-order valence-electron chi connectivity index (χ2n) is 4.24. The SMILES string of the molecule is Cc1c(C(=O)O)cccc1C(=O)O.Cc1ccccc1.O. The summed E-state index contributed by atoms with van der Waals surface area (Å²) in [5.41, 5.74) is 1.66. The lowest BCUT2D eigenvalue weighted by molar-refractivity contribution is 0.0696. The molecule has 0 heterocycles. The van der Waals surface area contributed by atoms with Gasteiger partial charge in [-0.3, -0.25) is 0 Å². The van der Waals surface area contributed by atoms with Crippen LogP contribution in [0.1, 0.15) is 31.8 Å². The molecule has 2 aromatic rings. The fourth-order valence-electron chi connectivity index (χ4n) is 1.63. The van der Waals surface area contributed by atoms with Crippen molar-refractivity contribution in [3.05, 3.63) is 70.8 Å². The molecule has 112 valence electrons. The molecule has 0 bridgehead atoms. The molecule has 0 radical (unpaired) electrons. The highest BCUT2D eigenvalue weighted by atomic mass is 16.4. The van der Waals surface area contributed by atoms with Gasteiger partial charge >= 0.3 is 11.9 Å². The largest absolute Gasteiger partial charge is 0.478 e. The normalized spacial score (nSPS) is 8.86. The molecule has 4 N–H and O–H groups in total. The van der Waals surface area contributed by atoms with Crippen LogP contribution in [-0.2, 0) is 0 Å². The van der Waals surface area contributed by atoms with Gasteiger partial charge < -0.3 is 15.7 Å². The van der Waals surface area contributed by atoms with Gasteiger partial charge in [0.05, 0.1) is 11.1 Å². The van der Waals surface area contributed by atoms with Gasteiger partial charge in [0, 0.05) is 0 Å². The first-order chi connectivity index (χ1) is 9.43. The van der Waals surface area contributed by atoms with Crippen molar-refractivity contribution in [2.45, 2.75) is 13.8 Å². The van der Waals surface area contributed by atoms with E-state index in [2.05, 4.69) is 19.1 Å². The molecule has 0 aliphatic heterocycles. The topological polar surface area (TPSA) is 106 Å². The van der Waals surface area contributed by atoms with Crippen LogP contribution >= 0.6 is 0 Å². The summed E-state index contributed by atoms with van der Waals surface area (Å²) >= 11 is 0. The van der Waals surface area contributed by atoms with E-state index < -0.39 is 11.9 Å². The Morgan fingerprint density at radius 3 is 1.48 bits per heavy atom. The highest BCUT2D eigenvalue weighted by Gasteiger charge is 2.13. The average Bonchev–Trinajstić information content (AvgIpc) is 2.40. The number of carboxylic acids is 2. The highest BCUT2D eigenvalue weighted by molar-refractivity contribution is 5.96. The predicted octanol–water partition coefficient (Wildman–Crippen LogP) is 2.56. The third-order valence-electron chi connectivity index (χ3n) is 2.74. The van der Waals surface area contributed by atoms with E-state index in [9.17, 15) is 9.59 Å². The van der Waals surface area contributed by atoms with Gasteiger partial charge in [-0.05, 0) is 31.5 Å². The van der Waals surface area contributed by atoms with Crippen molar-refractivity contribution in [2.75, 3.05) is 0 Å². The quantitative estimate of drug-likeness (QED) is 0.886. The first-order valence-corrected chi connectivity index (χ1v) is 6.01. The lowest BCUT2D eigenvalue weighted by Crippen LogP contribution is -2.06. The Morgan fingerprint density at radius 1 is 0.762 bits per heavy atom. The van der Waals surface area contributed by atoms with Crippen molar-refractivity contribution in [2.24, 2.45) is 0 Å². The molecule has 5 heteroatoms. The molecule has 0 unspecified atom stereocenters. The van der Waals surface area contributed by atoms with Crippen LogP contribution in [0.25, 0.3) is 0 Å². The second-order valence-corrected chi connectivity index (χ2v) is 4.24. The van der Waals surface area contributed by atoms with E-state index in [-0.39, 0.29) is 22.2 Å². The number of rotatable bonds is 2. The molecule has 5 nitrogen and oxygen atoms in total. The number of hydrogen-bond donors (Lipinski definition) is 2. The van der Waals surface area contributed by atoms with Gasteiger partial charge in [0.1, 0.15) is 0 Å².